The zero-order valence-corrected chi connectivity index (χ0v) is 19.5. The summed E-state index contributed by atoms with van der Waals surface area (Å²) in [5.74, 6) is 0.154. The number of carbonyl (C=O) groups excluding carboxylic acids is 2. The van der Waals surface area contributed by atoms with Crippen LogP contribution in [0.25, 0.3) is 0 Å². The molecule has 0 aliphatic rings. The largest absolute Gasteiger partial charge is 0.330 e. The molecule has 2 rings (SSSR count). The Balaban J connectivity index is 0.000000703. The molecule has 0 aliphatic heterocycles. The molecule has 0 saturated carbocycles. The first-order valence-electron chi connectivity index (χ1n) is 11.4. The van der Waals surface area contributed by atoms with Crippen molar-refractivity contribution < 1.29 is 9.59 Å². The summed E-state index contributed by atoms with van der Waals surface area (Å²) in [6.45, 7) is 9.00. The highest BCUT2D eigenvalue weighted by Gasteiger charge is 2.14. The fraction of sp³-hybridized carbons (Fsp3) is 0.462. The number of nitrogens with one attached hydrogen (secondary N) is 2. The van der Waals surface area contributed by atoms with Crippen molar-refractivity contribution in [2.45, 2.75) is 72.1 Å². The van der Waals surface area contributed by atoms with E-state index < -0.39 is 0 Å². The van der Waals surface area contributed by atoms with E-state index in [9.17, 15) is 9.59 Å². The van der Waals surface area contributed by atoms with E-state index in [2.05, 4.69) is 24.5 Å². The lowest BCUT2D eigenvalue weighted by atomic mass is 9.93. The van der Waals surface area contributed by atoms with Crippen molar-refractivity contribution in [1.29, 1.82) is 0 Å². The molecular formula is C26H39N3O2. The van der Waals surface area contributed by atoms with Crippen LogP contribution >= 0.6 is 0 Å². The number of hydrogen-bond acceptors (Lipinski definition) is 3. The highest BCUT2D eigenvalue weighted by Crippen LogP contribution is 2.21. The summed E-state index contributed by atoms with van der Waals surface area (Å²) in [6, 6.07) is 14.8. The number of Topliss-reactive ketones (excluding diaryl/α,β-unsaturated/α-hetero) is 1. The Labute approximate surface area is 187 Å². The molecular weight excluding hydrogens is 386 g/mol. The summed E-state index contributed by atoms with van der Waals surface area (Å²) in [5.41, 5.74) is 8.68. The van der Waals surface area contributed by atoms with E-state index in [1.165, 1.54) is 19.3 Å². The molecule has 0 bridgehead atoms. The maximum absolute atomic E-state index is 12.1. The summed E-state index contributed by atoms with van der Waals surface area (Å²) in [4.78, 5) is 24.2. The monoisotopic (exact) mass is 425 g/mol. The second-order valence-electron chi connectivity index (χ2n) is 7.80. The molecule has 0 aliphatic carbocycles. The highest BCUT2D eigenvalue weighted by molar-refractivity contribution is 6.00. The molecule has 0 radical (unpaired) electrons. The lowest BCUT2D eigenvalue weighted by Gasteiger charge is -2.13. The Morgan fingerprint density at radius 1 is 0.903 bits per heavy atom. The average molecular weight is 426 g/mol. The fourth-order valence-corrected chi connectivity index (χ4v) is 3.00. The molecule has 170 valence electrons. The Morgan fingerprint density at radius 3 is 2.10 bits per heavy atom. The lowest BCUT2D eigenvalue weighted by Crippen LogP contribution is -2.20. The van der Waals surface area contributed by atoms with Crippen LogP contribution in [0.15, 0.2) is 48.5 Å². The van der Waals surface area contributed by atoms with Gasteiger partial charge < -0.3 is 16.4 Å². The molecule has 2 aromatic carbocycles. The third-order valence-corrected chi connectivity index (χ3v) is 5.13. The van der Waals surface area contributed by atoms with E-state index >= 15 is 0 Å². The standard InChI is InChI=1S/C21H26N2O2.C5H13N/c1-4-5-10-20(24)16(3)17-11-13-18(14-12-17)22-21(25)23-19-9-7-6-8-15(19)2;1-2-3-4-5-6/h6-9,11-14,16H,4-5,10H2,1-3H3,(H2,22,23,25);2-6H2,1H3. The Kier molecular flexibility index (Phi) is 12.9. The van der Waals surface area contributed by atoms with Crippen LogP contribution in [0.4, 0.5) is 16.2 Å². The Hall–Kier alpha value is -2.66. The van der Waals surface area contributed by atoms with Crippen LogP contribution in [0.3, 0.4) is 0 Å². The van der Waals surface area contributed by atoms with Crippen LogP contribution in [0.1, 0.15) is 76.3 Å². The highest BCUT2D eigenvalue weighted by atomic mass is 16.2. The average Bonchev–Trinajstić information content (AvgIpc) is 2.78. The molecule has 1 unspecified atom stereocenters. The fourth-order valence-electron chi connectivity index (χ4n) is 3.00. The van der Waals surface area contributed by atoms with E-state index in [0.717, 1.165) is 36.2 Å². The van der Waals surface area contributed by atoms with Gasteiger partial charge >= 0.3 is 6.03 Å². The Morgan fingerprint density at radius 2 is 1.55 bits per heavy atom. The molecule has 2 aromatic rings. The molecule has 0 saturated heterocycles. The normalized spacial score (nSPS) is 11.1. The topological polar surface area (TPSA) is 84.2 Å². The number of ketones is 1. The lowest BCUT2D eigenvalue weighted by molar-refractivity contribution is -0.120. The SMILES string of the molecule is CCCCC(=O)C(C)c1ccc(NC(=O)Nc2ccccc2C)cc1.CCCCCN. The molecule has 0 fully saturated rings. The van der Waals surface area contributed by atoms with Crippen LogP contribution in [0.5, 0.6) is 0 Å². The van der Waals surface area contributed by atoms with Crippen LogP contribution in [-0.2, 0) is 4.79 Å². The second-order valence-corrected chi connectivity index (χ2v) is 7.80. The second kappa shape index (κ2) is 15.2. The summed E-state index contributed by atoms with van der Waals surface area (Å²) in [6.07, 6.45) is 6.33. The third kappa shape index (κ3) is 10.3. The van der Waals surface area contributed by atoms with Gasteiger partial charge in [0.15, 0.2) is 0 Å². The third-order valence-electron chi connectivity index (χ3n) is 5.13. The molecule has 4 N–H and O–H groups in total. The van der Waals surface area contributed by atoms with Crippen molar-refractivity contribution in [1.82, 2.24) is 0 Å². The molecule has 5 heteroatoms. The summed E-state index contributed by atoms with van der Waals surface area (Å²) in [7, 11) is 0. The van der Waals surface area contributed by atoms with Gasteiger partial charge in [-0.25, -0.2) is 4.79 Å². The van der Waals surface area contributed by atoms with Gasteiger partial charge in [-0.3, -0.25) is 4.79 Å². The van der Waals surface area contributed by atoms with Crippen molar-refractivity contribution in [2.24, 2.45) is 5.73 Å². The van der Waals surface area contributed by atoms with Gasteiger partial charge in [0.05, 0.1) is 0 Å². The number of anilines is 2. The van der Waals surface area contributed by atoms with Crippen molar-refractivity contribution >= 4 is 23.2 Å². The molecule has 1 atom stereocenters. The predicted molar refractivity (Wildman–Crippen MR) is 132 cm³/mol. The van der Waals surface area contributed by atoms with Crippen LogP contribution in [-0.4, -0.2) is 18.4 Å². The molecule has 0 spiro atoms. The minimum atomic E-state index is -0.283. The number of urea groups is 1. The minimum Gasteiger partial charge on any atom is -0.330 e. The van der Waals surface area contributed by atoms with Gasteiger partial charge in [-0.05, 0) is 55.6 Å². The van der Waals surface area contributed by atoms with E-state index in [-0.39, 0.29) is 17.7 Å². The van der Waals surface area contributed by atoms with E-state index in [4.69, 9.17) is 5.73 Å². The number of unbranched alkanes of at least 4 members (excludes halogenated alkanes) is 3. The smallest absolute Gasteiger partial charge is 0.323 e. The number of hydrogen-bond donors (Lipinski definition) is 3. The summed E-state index contributed by atoms with van der Waals surface area (Å²) < 4.78 is 0. The van der Waals surface area contributed by atoms with E-state index in [0.29, 0.717) is 12.1 Å². The zero-order valence-electron chi connectivity index (χ0n) is 19.5. The van der Waals surface area contributed by atoms with Gasteiger partial charge in [-0.2, -0.15) is 0 Å². The number of nitrogens with two attached hydrogens (primary N) is 1. The summed E-state index contributed by atoms with van der Waals surface area (Å²) in [5, 5.41) is 5.65. The van der Waals surface area contributed by atoms with Crippen LogP contribution in [0, 0.1) is 6.92 Å². The van der Waals surface area contributed by atoms with Crippen molar-refractivity contribution in [3.05, 3.63) is 59.7 Å². The van der Waals surface area contributed by atoms with E-state index in [1.54, 1.807) is 0 Å². The number of amides is 2. The number of aryl methyl sites for hydroxylation is 1. The van der Waals surface area contributed by atoms with E-state index in [1.807, 2.05) is 62.4 Å². The maximum Gasteiger partial charge on any atom is 0.323 e. The van der Waals surface area contributed by atoms with Crippen molar-refractivity contribution in [3.8, 4) is 0 Å². The summed E-state index contributed by atoms with van der Waals surface area (Å²) >= 11 is 0. The number of benzene rings is 2. The first-order valence-corrected chi connectivity index (χ1v) is 11.4. The van der Waals surface area contributed by atoms with Gasteiger partial charge in [-0.15, -0.1) is 0 Å². The van der Waals surface area contributed by atoms with Gasteiger partial charge in [0.25, 0.3) is 0 Å². The minimum absolute atomic E-state index is 0.110. The molecule has 0 aromatic heterocycles. The zero-order chi connectivity index (χ0) is 23.1. The quantitative estimate of drug-likeness (QED) is 0.373. The Bertz CT molecular complexity index is 783. The van der Waals surface area contributed by atoms with Crippen molar-refractivity contribution in [2.75, 3.05) is 17.2 Å². The number of para-hydroxylation sites is 1. The van der Waals surface area contributed by atoms with Crippen molar-refractivity contribution in [3.63, 3.8) is 0 Å². The molecule has 5 nitrogen and oxygen atoms in total. The van der Waals surface area contributed by atoms with Crippen LogP contribution in [0.2, 0.25) is 0 Å². The number of carbonyl (C=O) groups is 2. The first kappa shape index (κ1) is 26.4. The number of rotatable bonds is 10. The van der Waals surface area contributed by atoms with Gasteiger partial charge in [0.1, 0.15) is 5.78 Å². The first-order chi connectivity index (χ1) is 14.9. The predicted octanol–water partition coefficient (Wildman–Crippen LogP) is 6.64. The molecule has 31 heavy (non-hydrogen) atoms. The van der Waals surface area contributed by atoms with Crippen LogP contribution < -0.4 is 16.4 Å². The van der Waals surface area contributed by atoms with Gasteiger partial charge in [0, 0.05) is 23.7 Å². The molecule has 0 heterocycles. The maximum atomic E-state index is 12.1. The van der Waals surface area contributed by atoms with Gasteiger partial charge in [-0.1, -0.05) is 70.4 Å². The molecule has 2 amide bonds. The van der Waals surface area contributed by atoms with Gasteiger partial charge in [0.2, 0.25) is 0 Å².